The minimum atomic E-state index is -0.294. The van der Waals surface area contributed by atoms with Gasteiger partial charge in [-0.25, -0.2) is 10.4 Å². The fraction of sp³-hybridized carbons (Fsp3) is 0.0455. The van der Waals surface area contributed by atoms with Gasteiger partial charge in [-0.2, -0.15) is 5.10 Å². The number of para-hydroxylation sites is 1. The van der Waals surface area contributed by atoms with E-state index in [2.05, 4.69) is 25.5 Å². The molecule has 136 valence electrons. The van der Waals surface area contributed by atoms with Crippen molar-refractivity contribution in [3.05, 3.63) is 90.5 Å². The zero-order valence-corrected chi connectivity index (χ0v) is 15.2. The number of nitrogens with zero attached hydrogens (tertiary/aromatic N) is 4. The van der Waals surface area contributed by atoms with E-state index in [-0.39, 0.29) is 5.91 Å². The summed E-state index contributed by atoms with van der Waals surface area (Å²) in [6.07, 6.45) is 6.80. The molecule has 0 spiro atoms. The first-order valence-electron chi connectivity index (χ1n) is 8.77. The van der Waals surface area contributed by atoms with E-state index in [1.165, 1.54) is 0 Å². The zero-order chi connectivity index (χ0) is 19.3. The first-order chi connectivity index (χ1) is 13.7. The molecule has 0 aliphatic rings. The highest BCUT2D eigenvalue weighted by Gasteiger charge is 2.14. The maximum Gasteiger partial charge on any atom is 0.272 e. The Morgan fingerprint density at radius 1 is 0.964 bits per heavy atom. The molecule has 3 heterocycles. The SMILES string of the molecule is C/C(=N/NC(=O)c1cc(-c2cccnc2)nc2ccccc12)c1ccncc1. The zero-order valence-electron chi connectivity index (χ0n) is 15.2. The Hall–Kier alpha value is -3.93. The maximum absolute atomic E-state index is 12.9. The van der Waals surface area contributed by atoms with Gasteiger partial charge in [0.05, 0.1) is 22.5 Å². The van der Waals surface area contributed by atoms with Crippen LogP contribution < -0.4 is 5.43 Å². The number of fused-ring (bicyclic) bond motifs is 1. The molecule has 0 saturated carbocycles. The summed E-state index contributed by atoms with van der Waals surface area (Å²) in [5, 5.41) is 5.00. The molecule has 0 aliphatic carbocycles. The van der Waals surface area contributed by atoms with Gasteiger partial charge in [0.1, 0.15) is 0 Å². The fourth-order valence-corrected chi connectivity index (χ4v) is 2.88. The minimum absolute atomic E-state index is 0.294. The normalized spacial score (nSPS) is 11.4. The Kier molecular flexibility index (Phi) is 4.84. The van der Waals surface area contributed by atoms with Crippen molar-refractivity contribution in [2.75, 3.05) is 0 Å². The number of amides is 1. The van der Waals surface area contributed by atoms with Gasteiger partial charge in [0.25, 0.3) is 5.91 Å². The molecule has 0 saturated heterocycles. The summed E-state index contributed by atoms with van der Waals surface area (Å²) in [5.74, 6) is -0.294. The summed E-state index contributed by atoms with van der Waals surface area (Å²) in [4.78, 5) is 25.7. The third kappa shape index (κ3) is 3.61. The van der Waals surface area contributed by atoms with E-state index in [1.54, 1.807) is 30.9 Å². The average Bonchev–Trinajstić information content (AvgIpc) is 2.77. The molecule has 0 unspecified atom stereocenters. The maximum atomic E-state index is 12.9. The van der Waals surface area contributed by atoms with Crippen LogP contribution in [-0.4, -0.2) is 26.6 Å². The first-order valence-corrected chi connectivity index (χ1v) is 8.77. The Morgan fingerprint density at radius 2 is 1.79 bits per heavy atom. The van der Waals surface area contributed by atoms with Crippen LogP contribution in [0, 0.1) is 0 Å². The number of hydrazone groups is 1. The molecular weight excluding hydrogens is 350 g/mol. The second-order valence-corrected chi connectivity index (χ2v) is 6.19. The van der Waals surface area contributed by atoms with Crippen LogP contribution in [0.15, 0.2) is 84.5 Å². The summed E-state index contributed by atoms with van der Waals surface area (Å²) >= 11 is 0. The first kappa shape index (κ1) is 17.5. The standard InChI is InChI=1S/C22H17N5O/c1-15(16-8-11-23-12-9-16)26-27-22(28)19-13-21(17-5-4-10-24-14-17)25-20-7-3-2-6-18(19)20/h2-14H,1H3,(H,27,28)/b26-15-. The second-order valence-electron chi connectivity index (χ2n) is 6.19. The molecule has 1 aromatic carbocycles. The molecule has 3 aromatic heterocycles. The number of carbonyl (C=O) groups is 1. The molecule has 28 heavy (non-hydrogen) atoms. The second kappa shape index (κ2) is 7.75. The summed E-state index contributed by atoms with van der Waals surface area (Å²) in [7, 11) is 0. The van der Waals surface area contributed by atoms with Crippen LogP contribution in [0.5, 0.6) is 0 Å². The lowest BCUT2D eigenvalue weighted by molar-refractivity contribution is 0.0956. The summed E-state index contributed by atoms with van der Waals surface area (Å²) in [6.45, 7) is 1.83. The lowest BCUT2D eigenvalue weighted by Crippen LogP contribution is -2.20. The monoisotopic (exact) mass is 367 g/mol. The van der Waals surface area contributed by atoms with E-state index >= 15 is 0 Å². The lowest BCUT2D eigenvalue weighted by atomic mass is 10.0. The van der Waals surface area contributed by atoms with Crippen molar-refractivity contribution in [2.24, 2.45) is 5.10 Å². The Bertz CT molecular complexity index is 1160. The molecule has 0 aliphatic heterocycles. The number of carbonyl (C=O) groups excluding carboxylic acids is 1. The molecule has 1 N–H and O–H groups in total. The molecular formula is C22H17N5O. The van der Waals surface area contributed by atoms with E-state index in [0.29, 0.717) is 17.0 Å². The number of rotatable bonds is 4. The van der Waals surface area contributed by atoms with Gasteiger partial charge in [0, 0.05) is 41.3 Å². The number of aromatic nitrogens is 3. The van der Waals surface area contributed by atoms with E-state index in [4.69, 9.17) is 0 Å². The van der Waals surface area contributed by atoms with E-state index in [1.807, 2.05) is 55.5 Å². The van der Waals surface area contributed by atoms with Gasteiger partial charge in [0.15, 0.2) is 0 Å². The highest BCUT2D eigenvalue weighted by molar-refractivity contribution is 6.08. The van der Waals surface area contributed by atoms with Crippen LogP contribution >= 0.6 is 0 Å². The molecule has 0 atom stereocenters. The van der Waals surface area contributed by atoms with Gasteiger partial charge in [-0.1, -0.05) is 18.2 Å². The molecule has 0 bridgehead atoms. The van der Waals surface area contributed by atoms with Crippen LogP contribution in [0.1, 0.15) is 22.8 Å². The van der Waals surface area contributed by atoms with Gasteiger partial charge in [-0.05, 0) is 43.3 Å². The minimum Gasteiger partial charge on any atom is -0.267 e. The summed E-state index contributed by atoms with van der Waals surface area (Å²) < 4.78 is 0. The van der Waals surface area contributed by atoms with Crippen molar-refractivity contribution >= 4 is 22.5 Å². The van der Waals surface area contributed by atoms with Crippen LogP contribution in [0.25, 0.3) is 22.2 Å². The fourth-order valence-electron chi connectivity index (χ4n) is 2.88. The van der Waals surface area contributed by atoms with E-state index in [0.717, 1.165) is 22.0 Å². The van der Waals surface area contributed by atoms with Crippen LogP contribution in [0.4, 0.5) is 0 Å². The molecule has 0 radical (unpaired) electrons. The van der Waals surface area contributed by atoms with Crippen molar-refractivity contribution in [1.82, 2.24) is 20.4 Å². The summed E-state index contributed by atoms with van der Waals surface area (Å²) in [5.41, 5.74) is 7.03. The number of hydrogen-bond acceptors (Lipinski definition) is 5. The average molecular weight is 367 g/mol. The van der Waals surface area contributed by atoms with E-state index < -0.39 is 0 Å². The highest BCUT2D eigenvalue weighted by Crippen LogP contribution is 2.24. The predicted molar refractivity (Wildman–Crippen MR) is 109 cm³/mol. The van der Waals surface area contributed by atoms with Crippen molar-refractivity contribution in [1.29, 1.82) is 0 Å². The van der Waals surface area contributed by atoms with Crippen molar-refractivity contribution in [2.45, 2.75) is 6.92 Å². The van der Waals surface area contributed by atoms with Crippen LogP contribution in [-0.2, 0) is 0 Å². The number of nitrogens with one attached hydrogen (secondary N) is 1. The molecule has 4 rings (SSSR count). The van der Waals surface area contributed by atoms with Crippen molar-refractivity contribution < 1.29 is 4.79 Å². The van der Waals surface area contributed by atoms with E-state index in [9.17, 15) is 4.79 Å². The lowest BCUT2D eigenvalue weighted by Gasteiger charge is -2.09. The van der Waals surface area contributed by atoms with Crippen LogP contribution in [0.3, 0.4) is 0 Å². The van der Waals surface area contributed by atoms with Gasteiger partial charge in [-0.3, -0.25) is 14.8 Å². The largest absolute Gasteiger partial charge is 0.272 e. The molecule has 6 nitrogen and oxygen atoms in total. The third-order valence-corrected chi connectivity index (χ3v) is 4.34. The van der Waals surface area contributed by atoms with Gasteiger partial charge in [-0.15, -0.1) is 0 Å². The van der Waals surface area contributed by atoms with Gasteiger partial charge in [0.2, 0.25) is 0 Å². The molecule has 4 aromatic rings. The van der Waals surface area contributed by atoms with Gasteiger partial charge >= 0.3 is 0 Å². The van der Waals surface area contributed by atoms with Gasteiger partial charge < -0.3 is 0 Å². The Morgan fingerprint density at radius 3 is 2.57 bits per heavy atom. The van der Waals surface area contributed by atoms with Crippen molar-refractivity contribution in [3.8, 4) is 11.3 Å². The molecule has 6 heteroatoms. The highest BCUT2D eigenvalue weighted by atomic mass is 16.2. The topological polar surface area (TPSA) is 80.1 Å². The summed E-state index contributed by atoms with van der Waals surface area (Å²) in [6, 6.07) is 16.8. The number of hydrogen-bond donors (Lipinski definition) is 1. The molecule has 1 amide bonds. The number of pyridine rings is 3. The van der Waals surface area contributed by atoms with Crippen molar-refractivity contribution in [3.63, 3.8) is 0 Å². The molecule has 0 fully saturated rings. The number of benzene rings is 1. The Labute approximate surface area is 162 Å². The van der Waals surface area contributed by atoms with Crippen LogP contribution in [0.2, 0.25) is 0 Å². The Balaban J connectivity index is 1.72. The third-order valence-electron chi connectivity index (χ3n) is 4.34. The quantitative estimate of drug-likeness (QED) is 0.439. The smallest absolute Gasteiger partial charge is 0.267 e. The predicted octanol–water partition coefficient (Wildman–Crippen LogP) is 3.85.